The van der Waals surface area contributed by atoms with Crippen molar-refractivity contribution in [3.63, 3.8) is 0 Å². The maximum absolute atomic E-state index is 11.9. The molecular formula is C18H27N4O8PS. The normalized spacial score (nSPS) is 19.9. The summed E-state index contributed by atoms with van der Waals surface area (Å²) < 4.78 is 21.3. The molecule has 1 amide bonds. The molecule has 1 aliphatic rings. The van der Waals surface area contributed by atoms with Crippen LogP contribution in [0.3, 0.4) is 0 Å². The van der Waals surface area contributed by atoms with Gasteiger partial charge >= 0.3 is 13.8 Å². The van der Waals surface area contributed by atoms with Gasteiger partial charge in [-0.25, -0.2) is 14.5 Å². The summed E-state index contributed by atoms with van der Waals surface area (Å²) >= 11 is 1.10. The first-order chi connectivity index (χ1) is 15.0. The van der Waals surface area contributed by atoms with E-state index in [1.54, 1.807) is 13.8 Å². The highest BCUT2D eigenvalue weighted by Gasteiger charge is 2.34. The van der Waals surface area contributed by atoms with Gasteiger partial charge in [0.05, 0.1) is 19.1 Å². The average molecular weight is 490 g/mol. The molecule has 1 aromatic rings. The smallest absolute Gasteiger partial charge is 0.469 e. The van der Waals surface area contributed by atoms with Crippen molar-refractivity contribution in [2.24, 2.45) is 5.92 Å². The van der Waals surface area contributed by atoms with Crippen molar-refractivity contribution in [2.45, 2.75) is 45.1 Å². The molecule has 12 nitrogen and oxygen atoms in total. The zero-order valence-electron chi connectivity index (χ0n) is 17.7. The lowest BCUT2D eigenvalue weighted by Gasteiger charge is -2.30. The van der Waals surface area contributed by atoms with Crippen LogP contribution in [0.2, 0.25) is 0 Å². The quantitative estimate of drug-likeness (QED) is 0.260. The Hall–Kier alpha value is -2.02. The van der Waals surface area contributed by atoms with Gasteiger partial charge in [0, 0.05) is 35.4 Å². The molecule has 0 aliphatic carbocycles. The molecule has 0 aromatic carbocycles. The molecule has 1 aliphatic heterocycles. The number of nitrogens with zero attached hydrogens (tertiary/aromatic N) is 3. The number of carbonyl (C=O) groups excluding carboxylic acids is 1. The monoisotopic (exact) mass is 490 g/mol. The van der Waals surface area contributed by atoms with Crippen molar-refractivity contribution in [1.82, 2.24) is 14.9 Å². The van der Waals surface area contributed by atoms with Crippen LogP contribution in [0.4, 0.5) is 5.82 Å². The molecule has 2 atom stereocenters. The number of aliphatic carboxylic acids is 1. The number of allylic oxidation sites excluding steroid dienone is 1. The molecule has 0 spiro atoms. The van der Waals surface area contributed by atoms with Crippen molar-refractivity contribution >= 4 is 37.8 Å². The summed E-state index contributed by atoms with van der Waals surface area (Å²) in [6, 6.07) is 0. The zero-order chi connectivity index (χ0) is 23.9. The third kappa shape index (κ3) is 7.84. The number of carbonyl (C=O) groups is 2. The second-order valence-electron chi connectivity index (χ2n) is 7.09. The van der Waals surface area contributed by atoms with Gasteiger partial charge < -0.3 is 30.3 Å². The maximum atomic E-state index is 11.9. The first-order valence-corrected chi connectivity index (χ1v) is 12.1. The minimum Gasteiger partial charge on any atom is -0.481 e. The van der Waals surface area contributed by atoms with Crippen LogP contribution in [0.5, 0.6) is 0 Å². The Morgan fingerprint density at radius 2 is 2.22 bits per heavy atom. The number of nitrogen functional groups attached to an aromatic ring is 1. The average Bonchev–Trinajstić information content (AvgIpc) is 2.71. The van der Waals surface area contributed by atoms with E-state index < -0.39 is 25.1 Å². The van der Waals surface area contributed by atoms with Crippen LogP contribution >= 0.6 is 19.6 Å². The first kappa shape index (κ1) is 26.2. The Kier molecular flexibility index (Phi) is 9.62. The number of aromatic nitrogens is 2. The number of aryl methyl sites for hydroxylation is 1. The van der Waals surface area contributed by atoms with Crippen LogP contribution in [0.1, 0.15) is 37.6 Å². The van der Waals surface area contributed by atoms with E-state index in [1.807, 2.05) is 0 Å². The molecule has 14 heteroatoms. The molecule has 5 N–H and O–H groups in total. The topological polar surface area (TPSA) is 185 Å². The van der Waals surface area contributed by atoms with Gasteiger partial charge in [0.2, 0.25) is 6.41 Å². The summed E-state index contributed by atoms with van der Waals surface area (Å²) in [5.74, 6) is -1.05. The summed E-state index contributed by atoms with van der Waals surface area (Å²) in [4.78, 5) is 51.4. The molecule has 2 unspecified atom stereocenters. The number of hydrogen-bond donors (Lipinski definition) is 4. The Morgan fingerprint density at radius 3 is 2.81 bits per heavy atom. The van der Waals surface area contributed by atoms with Crippen molar-refractivity contribution in [3.05, 3.63) is 28.2 Å². The highest BCUT2D eigenvalue weighted by Crippen LogP contribution is 2.40. The van der Waals surface area contributed by atoms with Gasteiger partial charge in [-0.15, -0.1) is 0 Å². The van der Waals surface area contributed by atoms with E-state index in [-0.39, 0.29) is 25.4 Å². The highest BCUT2D eigenvalue weighted by molar-refractivity contribution is 8.03. The fraction of sp³-hybridized carbons (Fsp3) is 0.556. The number of carboxylic acids is 1. The number of phosphoric acid groups is 1. The fourth-order valence-electron chi connectivity index (χ4n) is 3.05. The second kappa shape index (κ2) is 11.7. The molecule has 2 heterocycles. The number of thioether (sulfide) groups is 1. The molecule has 32 heavy (non-hydrogen) atoms. The van der Waals surface area contributed by atoms with Crippen LogP contribution < -0.4 is 5.73 Å². The van der Waals surface area contributed by atoms with Crippen LogP contribution in [-0.4, -0.2) is 60.8 Å². The number of ether oxygens (including phenoxy) is 1. The summed E-state index contributed by atoms with van der Waals surface area (Å²) in [6.45, 7) is 3.43. The largest absolute Gasteiger partial charge is 0.481 e. The SMILES string of the molecule is C/C(=C(\CCOP(=O)(O)O)SC1OCCCC1C(=O)O)N(C=O)Cc1cnc(C)nc1N. The number of rotatable bonds is 11. The van der Waals surface area contributed by atoms with Crippen molar-refractivity contribution < 1.29 is 38.3 Å². The van der Waals surface area contributed by atoms with E-state index >= 15 is 0 Å². The number of carboxylic acid groups (broad SMARTS) is 1. The second-order valence-corrected chi connectivity index (χ2v) is 9.52. The Labute approximate surface area is 189 Å². The number of amides is 1. The van der Waals surface area contributed by atoms with Gasteiger partial charge in [-0.3, -0.25) is 14.1 Å². The van der Waals surface area contributed by atoms with E-state index in [1.165, 1.54) is 11.1 Å². The first-order valence-electron chi connectivity index (χ1n) is 9.72. The molecular weight excluding hydrogens is 463 g/mol. The van der Waals surface area contributed by atoms with Gasteiger partial charge in [-0.05, 0) is 26.7 Å². The molecule has 1 aromatic heterocycles. The number of nitrogens with two attached hydrogens (primary N) is 1. The molecule has 2 rings (SSSR count). The highest BCUT2D eigenvalue weighted by atomic mass is 32.2. The Morgan fingerprint density at radius 1 is 1.50 bits per heavy atom. The minimum absolute atomic E-state index is 0.0258. The predicted molar refractivity (Wildman–Crippen MR) is 116 cm³/mol. The zero-order valence-corrected chi connectivity index (χ0v) is 19.4. The van der Waals surface area contributed by atoms with Gasteiger partial charge in [-0.1, -0.05) is 11.8 Å². The number of phosphoric ester groups is 1. The van der Waals surface area contributed by atoms with E-state index in [0.29, 0.717) is 47.8 Å². The Bertz CT molecular complexity index is 909. The number of anilines is 1. The van der Waals surface area contributed by atoms with Gasteiger partial charge in [-0.2, -0.15) is 0 Å². The van der Waals surface area contributed by atoms with Crippen molar-refractivity contribution in [1.29, 1.82) is 0 Å². The van der Waals surface area contributed by atoms with Crippen LogP contribution in [0.25, 0.3) is 0 Å². The third-order valence-corrected chi connectivity index (χ3v) is 6.75. The van der Waals surface area contributed by atoms with E-state index in [9.17, 15) is 19.3 Å². The lowest BCUT2D eigenvalue weighted by atomic mass is 10.0. The van der Waals surface area contributed by atoms with Gasteiger partial charge in [0.25, 0.3) is 0 Å². The Balaban J connectivity index is 2.31. The lowest BCUT2D eigenvalue weighted by molar-refractivity contribution is -0.147. The predicted octanol–water partition coefficient (Wildman–Crippen LogP) is 1.63. The molecule has 1 saturated heterocycles. The molecule has 0 saturated carbocycles. The molecule has 0 radical (unpaired) electrons. The third-order valence-electron chi connectivity index (χ3n) is 4.76. The molecule has 1 fully saturated rings. The van der Waals surface area contributed by atoms with Crippen LogP contribution in [0, 0.1) is 12.8 Å². The molecule has 178 valence electrons. The van der Waals surface area contributed by atoms with E-state index in [0.717, 1.165) is 11.8 Å². The summed E-state index contributed by atoms with van der Waals surface area (Å²) in [6.07, 6.45) is 3.16. The lowest BCUT2D eigenvalue weighted by Crippen LogP contribution is -2.33. The van der Waals surface area contributed by atoms with Crippen LogP contribution in [-0.2, 0) is 30.0 Å². The standard InChI is InChI=1S/C18H27N4O8PS/c1-11(22(10-23)9-13-8-20-12(2)21-16(13)19)15(5-7-30-31(26,27)28)32-18-14(17(24)25)4-3-6-29-18/h8,10,14,18H,3-7,9H2,1-2H3,(H,24,25)(H2,19,20,21)(H2,26,27,28)/b15-11-. The summed E-state index contributed by atoms with van der Waals surface area (Å²) in [7, 11) is -4.69. The fourth-order valence-corrected chi connectivity index (χ4v) is 4.73. The molecule has 0 bridgehead atoms. The summed E-state index contributed by atoms with van der Waals surface area (Å²) in [5.41, 5.74) is 6.15. The summed E-state index contributed by atoms with van der Waals surface area (Å²) in [5, 5.41) is 9.51. The maximum Gasteiger partial charge on any atom is 0.469 e. The minimum atomic E-state index is -4.69. The van der Waals surface area contributed by atoms with Crippen molar-refractivity contribution in [3.8, 4) is 0 Å². The van der Waals surface area contributed by atoms with Gasteiger partial charge in [0.1, 0.15) is 17.1 Å². The van der Waals surface area contributed by atoms with E-state index in [2.05, 4.69) is 14.5 Å². The number of hydrogen-bond acceptors (Lipinski definition) is 9. The van der Waals surface area contributed by atoms with Crippen molar-refractivity contribution in [2.75, 3.05) is 18.9 Å². The van der Waals surface area contributed by atoms with Crippen LogP contribution in [0.15, 0.2) is 16.8 Å². The van der Waals surface area contributed by atoms with E-state index in [4.69, 9.17) is 20.3 Å². The van der Waals surface area contributed by atoms with Gasteiger partial charge in [0.15, 0.2) is 0 Å².